The van der Waals surface area contributed by atoms with E-state index in [4.69, 9.17) is 15.2 Å². The standard InChI is InChI=1S/C14H18N2O3/c1-3-11(17)19-14-10(18-2)7-8-16-13(14)12(15)9-5-4-6-9/h7-8H,3-6,15H2,1-2H3. The third-order valence-corrected chi connectivity index (χ3v) is 3.19. The van der Waals surface area contributed by atoms with E-state index in [0.29, 0.717) is 22.9 Å². The van der Waals surface area contributed by atoms with Gasteiger partial charge in [0.05, 0.1) is 12.8 Å². The lowest BCUT2D eigenvalue weighted by atomic mass is 9.89. The van der Waals surface area contributed by atoms with E-state index in [0.717, 1.165) is 24.8 Å². The molecule has 5 heteroatoms. The molecule has 5 nitrogen and oxygen atoms in total. The number of pyridine rings is 1. The summed E-state index contributed by atoms with van der Waals surface area (Å²) in [6.07, 6.45) is 4.99. The van der Waals surface area contributed by atoms with Gasteiger partial charge < -0.3 is 15.2 Å². The maximum Gasteiger partial charge on any atom is 0.311 e. The Morgan fingerprint density at radius 3 is 2.74 bits per heavy atom. The lowest BCUT2D eigenvalue weighted by molar-refractivity contribution is -0.134. The molecule has 19 heavy (non-hydrogen) atoms. The second kappa shape index (κ2) is 5.73. The first kappa shape index (κ1) is 13.4. The Morgan fingerprint density at radius 2 is 2.21 bits per heavy atom. The number of methoxy groups -OCH3 is 1. The second-order valence-corrected chi connectivity index (χ2v) is 4.39. The maximum atomic E-state index is 11.5. The van der Waals surface area contributed by atoms with Crippen molar-refractivity contribution >= 4 is 11.7 Å². The highest BCUT2D eigenvalue weighted by Crippen LogP contribution is 2.37. The molecule has 0 amide bonds. The molecule has 0 spiro atoms. The zero-order chi connectivity index (χ0) is 13.8. The molecule has 1 aliphatic carbocycles. The van der Waals surface area contributed by atoms with Crippen molar-refractivity contribution in [1.82, 2.24) is 4.98 Å². The Balaban J connectivity index is 2.44. The molecule has 0 saturated heterocycles. The van der Waals surface area contributed by atoms with Crippen LogP contribution in [0.1, 0.15) is 38.3 Å². The Morgan fingerprint density at radius 1 is 1.47 bits per heavy atom. The van der Waals surface area contributed by atoms with E-state index in [-0.39, 0.29) is 12.4 Å². The van der Waals surface area contributed by atoms with Gasteiger partial charge in [-0.3, -0.25) is 9.78 Å². The Bertz CT molecular complexity index is 517. The highest BCUT2D eigenvalue weighted by atomic mass is 16.6. The van der Waals surface area contributed by atoms with Gasteiger partial charge in [0.1, 0.15) is 5.69 Å². The molecule has 1 aromatic rings. The molecule has 2 N–H and O–H groups in total. The Hall–Kier alpha value is -2.04. The molecule has 2 rings (SSSR count). The van der Waals surface area contributed by atoms with Crippen LogP contribution >= 0.6 is 0 Å². The highest BCUT2D eigenvalue weighted by molar-refractivity contribution is 5.77. The minimum Gasteiger partial charge on any atom is -0.493 e. The van der Waals surface area contributed by atoms with E-state index in [9.17, 15) is 4.79 Å². The monoisotopic (exact) mass is 262 g/mol. The van der Waals surface area contributed by atoms with Gasteiger partial charge in [-0.2, -0.15) is 0 Å². The quantitative estimate of drug-likeness (QED) is 0.842. The van der Waals surface area contributed by atoms with E-state index >= 15 is 0 Å². The van der Waals surface area contributed by atoms with Gasteiger partial charge in [0.25, 0.3) is 0 Å². The van der Waals surface area contributed by atoms with Gasteiger partial charge in [0, 0.05) is 18.7 Å². The van der Waals surface area contributed by atoms with Gasteiger partial charge >= 0.3 is 5.97 Å². The largest absolute Gasteiger partial charge is 0.493 e. The lowest BCUT2D eigenvalue weighted by Gasteiger charge is -2.21. The summed E-state index contributed by atoms with van der Waals surface area (Å²) >= 11 is 0. The number of rotatable bonds is 4. The number of nitrogens with zero attached hydrogens (tertiary/aromatic N) is 1. The van der Waals surface area contributed by atoms with E-state index in [1.807, 2.05) is 0 Å². The minimum atomic E-state index is -0.334. The van der Waals surface area contributed by atoms with Crippen molar-refractivity contribution in [2.24, 2.45) is 5.73 Å². The van der Waals surface area contributed by atoms with E-state index in [1.54, 1.807) is 19.2 Å². The van der Waals surface area contributed by atoms with Crippen LogP contribution in [0.3, 0.4) is 0 Å². The minimum absolute atomic E-state index is 0.286. The smallest absolute Gasteiger partial charge is 0.311 e. The van der Waals surface area contributed by atoms with Crippen molar-refractivity contribution in [3.63, 3.8) is 0 Å². The molecule has 0 unspecified atom stereocenters. The van der Waals surface area contributed by atoms with Crippen LogP contribution in [0.25, 0.3) is 5.70 Å². The average Bonchev–Trinajstić information content (AvgIpc) is 2.36. The normalized spacial score (nSPS) is 13.7. The first-order valence-electron chi connectivity index (χ1n) is 6.39. The number of carbonyl (C=O) groups excluding carboxylic acids is 1. The summed E-state index contributed by atoms with van der Waals surface area (Å²) in [5, 5.41) is 0. The summed E-state index contributed by atoms with van der Waals surface area (Å²) < 4.78 is 10.5. The van der Waals surface area contributed by atoms with Crippen molar-refractivity contribution in [3.8, 4) is 11.5 Å². The molecule has 1 heterocycles. The number of hydrogen-bond acceptors (Lipinski definition) is 5. The molecule has 0 radical (unpaired) electrons. The molecule has 0 bridgehead atoms. The third kappa shape index (κ3) is 2.70. The Labute approximate surface area is 112 Å². The van der Waals surface area contributed by atoms with Gasteiger partial charge in [-0.25, -0.2) is 0 Å². The van der Waals surface area contributed by atoms with Crippen molar-refractivity contribution < 1.29 is 14.3 Å². The molecule has 0 aromatic carbocycles. The van der Waals surface area contributed by atoms with Crippen molar-refractivity contribution in [2.45, 2.75) is 32.6 Å². The maximum absolute atomic E-state index is 11.5. The summed E-state index contributed by atoms with van der Waals surface area (Å²) in [6, 6.07) is 1.65. The Kier molecular flexibility index (Phi) is 4.04. The van der Waals surface area contributed by atoms with Gasteiger partial charge in [0.2, 0.25) is 0 Å². The summed E-state index contributed by atoms with van der Waals surface area (Å²) in [7, 11) is 1.52. The summed E-state index contributed by atoms with van der Waals surface area (Å²) in [6.45, 7) is 1.73. The van der Waals surface area contributed by atoms with Gasteiger partial charge in [-0.15, -0.1) is 0 Å². The van der Waals surface area contributed by atoms with Crippen LogP contribution in [0.4, 0.5) is 0 Å². The zero-order valence-electron chi connectivity index (χ0n) is 11.2. The van der Waals surface area contributed by atoms with Crippen LogP contribution in [0.15, 0.2) is 17.8 Å². The first-order valence-corrected chi connectivity index (χ1v) is 6.39. The predicted octanol–water partition coefficient (Wildman–Crippen LogP) is 2.26. The average molecular weight is 262 g/mol. The summed E-state index contributed by atoms with van der Waals surface area (Å²) in [5.41, 5.74) is 8.37. The number of esters is 1. The van der Waals surface area contributed by atoms with Crippen molar-refractivity contribution in [3.05, 3.63) is 23.5 Å². The second-order valence-electron chi connectivity index (χ2n) is 4.39. The third-order valence-electron chi connectivity index (χ3n) is 3.19. The van der Waals surface area contributed by atoms with Gasteiger partial charge in [-0.1, -0.05) is 6.92 Å². The molecule has 1 aliphatic rings. The van der Waals surface area contributed by atoms with E-state index in [2.05, 4.69) is 4.98 Å². The fourth-order valence-corrected chi connectivity index (χ4v) is 1.86. The molecule has 102 valence electrons. The van der Waals surface area contributed by atoms with Crippen molar-refractivity contribution in [2.75, 3.05) is 7.11 Å². The van der Waals surface area contributed by atoms with Gasteiger partial charge in [0.15, 0.2) is 11.5 Å². The topological polar surface area (TPSA) is 74.4 Å². The lowest BCUT2D eigenvalue weighted by Crippen LogP contribution is -2.14. The van der Waals surface area contributed by atoms with Crippen LogP contribution in [0.5, 0.6) is 11.5 Å². The predicted molar refractivity (Wildman–Crippen MR) is 71.7 cm³/mol. The molecule has 1 saturated carbocycles. The van der Waals surface area contributed by atoms with Crippen LogP contribution in [-0.2, 0) is 4.79 Å². The molecular weight excluding hydrogens is 244 g/mol. The van der Waals surface area contributed by atoms with Crippen LogP contribution < -0.4 is 15.2 Å². The highest BCUT2D eigenvalue weighted by Gasteiger charge is 2.21. The summed E-state index contributed by atoms with van der Waals surface area (Å²) in [5.74, 6) is 0.447. The van der Waals surface area contributed by atoms with Crippen LogP contribution in [0, 0.1) is 0 Å². The molecule has 1 fully saturated rings. The first-order chi connectivity index (χ1) is 9.17. The van der Waals surface area contributed by atoms with Crippen molar-refractivity contribution in [1.29, 1.82) is 0 Å². The summed E-state index contributed by atoms with van der Waals surface area (Å²) in [4.78, 5) is 15.8. The fraction of sp³-hybridized carbons (Fsp3) is 0.429. The number of nitrogens with two attached hydrogens (primary N) is 1. The number of hydrogen-bond donors (Lipinski definition) is 1. The zero-order valence-corrected chi connectivity index (χ0v) is 11.2. The molecule has 0 aliphatic heterocycles. The number of aromatic nitrogens is 1. The SMILES string of the molecule is CCC(=O)Oc1c(OC)ccnc1C(N)=C1CCC1. The van der Waals surface area contributed by atoms with E-state index < -0.39 is 0 Å². The molecular formula is C14H18N2O3. The number of allylic oxidation sites excluding steroid dienone is 1. The van der Waals surface area contributed by atoms with Gasteiger partial charge in [-0.05, 0) is 24.8 Å². The fourth-order valence-electron chi connectivity index (χ4n) is 1.86. The van der Waals surface area contributed by atoms with Crippen LogP contribution in [0.2, 0.25) is 0 Å². The van der Waals surface area contributed by atoms with E-state index in [1.165, 1.54) is 7.11 Å². The number of carbonyl (C=O) groups is 1. The molecule has 0 atom stereocenters. The van der Waals surface area contributed by atoms with Crippen LogP contribution in [-0.4, -0.2) is 18.1 Å². The number of ether oxygens (including phenoxy) is 2. The molecule has 1 aromatic heterocycles.